The maximum Gasteiger partial charge on any atom is 0.255 e. The zero-order valence-electron chi connectivity index (χ0n) is 17.3. The first-order chi connectivity index (χ1) is 15.9. The molecule has 1 aliphatic rings. The second-order valence-corrected chi connectivity index (χ2v) is 9.06. The first-order valence-corrected chi connectivity index (χ1v) is 11.6. The minimum atomic E-state index is -0.412. The fraction of sp³-hybridized carbons (Fsp3) is 0.115. The molecule has 3 aromatic carbocycles. The zero-order valence-corrected chi connectivity index (χ0v) is 19.6. The highest BCUT2D eigenvalue weighted by Crippen LogP contribution is 2.38. The van der Waals surface area contributed by atoms with Gasteiger partial charge in [0.15, 0.2) is 0 Å². The summed E-state index contributed by atoms with van der Waals surface area (Å²) in [7, 11) is 0. The third-order valence-corrected chi connectivity index (χ3v) is 6.75. The monoisotopic (exact) mass is 498 g/mol. The molecule has 7 heteroatoms. The normalized spacial score (nSPS) is 13.9. The molecule has 3 nitrogen and oxygen atoms in total. The molecule has 0 aliphatic carbocycles. The van der Waals surface area contributed by atoms with Crippen molar-refractivity contribution >= 4 is 51.3 Å². The van der Waals surface area contributed by atoms with E-state index >= 15 is 0 Å². The topological polar surface area (TPSA) is 34.0 Å². The van der Waals surface area contributed by atoms with Crippen LogP contribution < -0.4 is 10.9 Å². The van der Waals surface area contributed by atoms with Crippen molar-refractivity contribution in [2.45, 2.75) is 6.42 Å². The Hall–Kier alpha value is -2.63. The molecule has 0 radical (unpaired) electrons. The van der Waals surface area contributed by atoms with Gasteiger partial charge in [-0.2, -0.15) is 0 Å². The van der Waals surface area contributed by atoms with Crippen molar-refractivity contribution in [1.82, 2.24) is 9.88 Å². The van der Waals surface area contributed by atoms with Crippen molar-refractivity contribution in [3.8, 4) is 16.8 Å². The lowest BCUT2D eigenvalue weighted by atomic mass is 9.92. The van der Waals surface area contributed by atoms with Gasteiger partial charge in [0, 0.05) is 23.6 Å². The van der Waals surface area contributed by atoms with Gasteiger partial charge in [0.1, 0.15) is 5.82 Å². The molecule has 0 saturated carbocycles. The number of fused-ring (bicyclic) bond motifs is 1. The van der Waals surface area contributed by atoms with Gasteiger partial charge < -0.3 is 5.32 Å². The number of pyridine rings is 1. The Morgan fingerprint density at radius 3 is 2.36 bits per heavy atom. The predicted molar refractivity (Wildman–Crippen MR) is 135 cm³/mol. The third-order valence-electron chi connectivity index (χ3n) is 5.83. The van der Waals surface area contributed by atoms with Crippen LogP contribution >= 0.6 is 34.8 Å². The first-order valence-electron chi connectivity index (χ1n) is 10.4. The second-order valence-electron chi connectivity index (χ2n) is 7.84. The summed E-state index contributed by atoms with van der Waals surface area (Å²) in [4.78, 5) is 13.1. The van der Waals surface area contributed by atoms with Gasteiger partial charge in [-0.15, -0.1) is 0 Å². The summed E-state index contributed by atoms with van der Waals surface area (Å²) in [6.07, 6.45) is 2.97. The Balaban J connectivity index is 1.91. The van der Waals surface area contributed by atoms with E-state index in [0.29, 0.717) is 31.8 Å². The Morgan fingerprint density at radius 1 is 0.879 bits per heavy atom. The van der Waals surface area contributed by atoms with Crippen molar-refractivity contribution < 1.29 is 4.39 Å². The van der Waals surface area contributed by atoms with E-state index < -0.39 is 5.82 Å². The van der Waals surface area contributed by atoms with E-state index in [2.05, 4.69) is 11.4 Å². The Bertz CT molecular complexity index is 1470. The third kappa shape index (κ3) is 4.09. The molecule has 5 rings (SSSR count). The van der Waals surface area contributed by atoms with Gasteiger partial charge in [-0.05, 0) is 78.2 Å². The molecule has 0 saturated heterocycles. The average Bonchev–Trinajstić information content (AvgIpc) is 2.80. The smallest absolute Gasteiger partial charge is 0.255 e. The van der Waals surface area contributed by atoms with Crippen LogP contribution in [0.5, 0.6) is 0 Å². The molecule has 1 aromatic heterocycles. The summed E-state index contributed by atoms with van der Waals surface area (Å²) >= 11 is 19.5. The maximum absolute atomic E-state index is 13.8. The van der Waals surface area contributed by atoms with Crippen molar-refractivity contribution in [2.75, 3.05) is 13.1 Å². The molecule has 0 spiro atoms. The lowest BCUT2D eigenvalue weighted by Gasteiger charge is -2.20. The lowest BCUT2D eigenvalue weighted by molar-refractivity contribution is 0.628. The largest absolute Gasteiger partial charge is 0.313 e. The van der Waals surface area contributed by atoms with Gasteiger partial charge in [-0.3, -0.25) is 9.36 Å². The molecule has 2 heterocycles. The molecule has 0 atom stereocenters. The number of para-hydroxylation sites is 1. The molecular formula is C26H18Cl3FN2O. The van der Waals surface area contributed by atoms with Gasteiger partial charge in [-0.1, -0.05) is 46.9 Å². The molecule has 1 N–H and O–H groups in total. The van der Waals surface area contributed by atoms with Gasteiger partial charge in [0.2, 0.25) is 0 Å². The van der Waals surface area contributed by atoms with Crippen LogP contribution in [0.25, 0.3) is 33.3 Å². The fourth-order valence-corrected chi connectivity index (χ4v) is 5.12. The van der Waals surface area contributed by atoms with E-state index in [9.17, 15) is 9.18 Å². The lowest BCUT2D eigenvalue weighted by Crippen LogP contribution is -2.20. The number of nitrogens with zero attached hydrogens (tertiary/aromatic N) is 1. The highest BCUT2D eigenvalue weighted by atomic mass is 35.5. The van der Waals surface area contributed by atoms with Crippen LogP contribution in [0.2, 0.25) is 15.1 Å². The van der Waals surface area contributed by atoms with E-state index in [0.717, 1.165) is 41.6 Å². The molecule has 1 aliphatic heterocycles. The van der Waals surface area contributed by atoms with Crippen LogP contribution in [0.15, 0.2) is 71.5 Å². The van der Waals surface area contributed by atoms with Crippen molar-refractivity contribution in [3.05, 3.63) is 104 Å². The molecule has 0 fully saturated rings. The summed E-state index contributed by atoms with van der Waals surface area (Å²) in [6.45, 7) is 1.62. The molecular weight excluding hydrogens is 482 g/mol. The van der Waals surface area contributed by atoms with Crippen LogP contribution in [0.1, 0.15) is 12.0 Å². The van der Waals surface area contributed by atoms with Gasteiger partial charge >= 0.3 is 0 Å². The molecule has 0 bridgehead atoms. The molecule has 0 amide bonds. The number of benzene rings is 3. The van der Waals surface area contributed by atoms with E-state index in [1.165, 1.54) is 22.8 Å². The summed E-state index contributed by atoms with van der Waals surface area (Å²) in [5, 5.41) is 5.11. The van der Waals surface area contributed by atoms with E-state index in [4.69, 9.17) is 34.8 Å². The average molecular weight is 500 g/mol. The Morgan fingerprint density at radius 2 is 1.67 bits per heavy atom. The van der Waals surface area contributed by atoms with Gasteiger partial charge in [0.05, 0.1) is 26.3 Å². The van der Waals surface area contributed by atoms with E-state index in [-0.39, 0.29) is 5.56 Å². The maximum atomic E-state index is 13.8. The number of nitrogens with one attached hydrogen (secondary N) is 1. The van der Waals surface area contributed by atoms with Crippen LogP contribution in [-0.4, -0.2) is 17.7 Å². The molecule has 166 valence electrons. The quantitative estimate of drug-likeness (QED) is 0.325. The highest BCUT2D eigenvalue weighted by Gasteiger charge is 2.19. The molecule has 33 heavy (non-hydrogen) atoms. The summed E-state index contributed by atoms with van der Waals surface area (Å²) in [5.74, 6) is -0.412. The number of hydrogen-bond acceptors (Lipinski definition) is 2. The number of halogens is 4. The minimum absolute atomic E-state index is 0.259. The Labute approximate surface area is 205 Å². The highest BCUT2D eigenvalue weighted by molar-refractivity contribution is 6.38. The SMILES string of the molecule is O=c1ccc2c(-c3ccc(F)cc3Cl)cc(C3=CCNCC3)cc2n1-c1c(Cl)cccc1Cl. The van der Waals surface area contributed by atoms with Crippen molar-refractivity contribution in [2.24, 2.45) is 0 Å². The van der Waals surface area contributed by atoms with E-state index in [1.807, 2.05) is 12.1 Å². The summed E-state index contributed by atoms with van der Waals surface area (Å²) < 4.78 is 15.3. The zero-order chi connectivity index (χ0) is 23.1. The number of rotatable bonds is 3. The number of hydrogen-bond donors (Lipinski definition) is 1. The van der Waals surface area contributed by atoms with Crippen LogP contribution in [-0.2, 0) is 0 Å². The van der Waals surface area contributed by atoms with Gasteiger partial charge in [0.25, 0.3) is 5.56 Å². The number of aromatic nitrogens is 1. The van der Waals surface area contributed by atoms with Crippen LogP contribution in [0, 0.1) is 5.82 Å². The molecule has 0 unspecified atom stereocenters. The fourth-order valence-electron chi connectivity index (χ4n) is 4.28. The van der Waals surface area contributed by atoms with Gasteiger partial charge in [-0.25, -0.2) is 4.39 Å². The summed E-state index contributed by atoms with van der Waals surface area (Å²) in [6, 6.07) is 16.7. The Kier molecular flexibility index (Phi) is 6.02. The first kappa shape index (κ1) is 22.2. The summed E-state index contributed by atoms with van der Waals surface area (Å²) in [5.41, 5.74) is 4.39. The van der Waals surface area contributed by atoms with E-state index in [1.54, 1.807) is 30.3 Å². The standard InChI is InChI=1S/C26H18Cl3FN2O/c27-21-2-1-3-22(28)26(21)32-24-13-16(15-8-10-31-11-9-15)12-20(19(24)6-7-25(32)33)18-5-4-17(30)14-23(18)29/h1-8,12-14,31H,9-11H2. The van der Waals surface area contributed by atoms with Crippen LogP contribution in [0.4, 0.5) is 4.39 Å². The van der Waals surface area contributed by atoms with Crippen molar-refractivity contribution in [3.63, 3.8) is 0 Å². The van der Waals surface area contributed by atoms with Crippen LogP contribution in [0.3, 0.4) is 0 Å². The second kappa shape index (κ2) is 8.96. The van der Waals surface area contributed by atoms with Crippen molar-refractivity contribution in [1.29, 1.82) is 0 Å². The molecule has 4 aromatic rings. The predicted octanol–water partition coefficient (Wildman–Crippen LogP) is 7.13. The minimum Gasteiger partial charge on any atom is -0.313 e.